The second-order valence-corrected chi connectivity index (χ2v) is 4.77. The van der Waals surface area contributed by atoms with Gasteiger partial charge in [-0.2, -0.15) is 0 Å². The van der Waals surface area contributed by atoms with Crippen LogP contribution >= 0.6 is 0 Å². The lowest BCUT2D eigenvalue weighted by molar-refractivity contribution is -0.140. The second-order valence-electron chi connectivity index (χ2n) is 4.77. The van der Waals surface area contributed by atoms with Gasteiger partial charge in [-0.3, -0.25) is 4.79 Å². The fourth-order valence-corrected chi connectivity index (χ4v) is 2.46. The molecule has 0 spiro atoms. The molecule has 2 heterocycles. The van der Waals surface area contributed by atoms with Crippen molar-refractivity contribution in [2.45, 2.75) is 12.0 Å². The van der Waals surface area contributed by atoms with Gasteiger partial charge in [-0.1, -0.05) is 0 Å². The molecule has 5 nitrogen and oxygen atoms in total. The van der Waals surface area contributed by atoms with E-state index >= 15 is 0 Å². The number of halogens is 2. The molecule has 0 amide bonds. The van der Waals surface area contributed by atoms with E-state index in [1.54, 1.807) is 4.57 Å². The summed E-state index contributed by atoms with van der Waals surface area (Å²) in [6.45, 7) is 0.924. The number of imidazole rings is 1. The Balaban J connectivity index is 2.14. The van der Waals surface area contributed by atoms with Crippen molar-refractivity contribution in [1.29, 1.82) is 0 Å². The van der Waals surface area contributed by atoms with Crippen molar-refractivity contribution in [1.82, 2.24) is 14.9 Å². The average Bonchev–Trinajstić information content (AvgIpc) is 2.67. The molecular formula is C12H11F2N3O2. The first-order valence-corrected chi connectivity index (χ1v) is 5.77. The van der Waals surface area contributed by atoms with E-state index in [-0.39, 0.29) is 6.42 Å². The Labute approximate surface area is 106 Å². The Hall–Kier alpha value is -2.02. The predicted molar refractivity (Wildman–Crippen MR) is 62.7 cm³/mol. The van der Waals surface area contributed by atoms with Gasteiger partial charge in [0.05, 0.1) is 29.3 Å². The summed E-state index contributed by atoms with van der Waals surface area (Å²) < 4.78 is 28.1. The molecule has 2 aromatic rings. The lowest BCUT2D eigenvalue weighted by Crippen LogP contribution is -2.61. The number of carboxylic acid groups (broad SMARTS) is 1. The third kappa shape index (κ3) is 1.77. The van der Waals surface area contributed by atoms with Crippen LogP contribution in [0.5, 0.6) is 0 Å². The third-order valence-corrected chi connectivity index (χ3v) is 3.49. The van der Waals surface area contributed by atoms with Crippen molar-refractivity contribution in [2.24, 2.45) is 0 Å². The molecule has 19 heavy (non-hydrogen) atoms. The summed E-state index contributed by atoms with van der Waals surface area (Å²) in [6, 6.07) is 2.07. The molecule has 3 rings (SSSR count). The van der Waals surface area contributed by atoms with Gasteiger partial charge in [-0.05, 0) is 0 Å². The molecule has 1 saturated heterocycles. The summed E-state index contributed by atoms with van der Waals surface area (Å²) in [6.07, 6.45) is 1.35. The van der Waals surface area contributed by atoms with Crippen LogP contribution in [0.1, 0.15) is 6.42 Å². The van der Waals surface area contributed by atoms with E-state index in [1.807, 2.05) is 0 Å². The van der Waals surface area contributed by atoms with Crippen molar-refractivity contribution in [2.75, 3.05) is 13.1 Å². The summed E-state index contributed by atoms with van der Waals surface area (Å²) >= 11 is 0. The molecule has 1 fully saturated rings. The van der Waals surface area contributed by atoms with E-state index in [0.29, 0.717) is 24.1 Å². The van der Waals surface area contributed by atoms with Crippen molar-refractivity contribution in [3.8, 4) is 0 Å². The minimum Gasteiger partial charge on any atom is -0.481 e. The predicted octanol–water partition coefficient (Wildman–Crippen LogP) is 1.09. The largest absolute Gasteiger partial charge is 0.481 e. The zero-order chi connectivity index (χ0) is 13.6. The first-order chi connectivity index (χ1) is 9.02. The number of benzene rings is 1. The molecule has 0 radical (unpaired) electrons. The topological polar surface area (TPSA) is 67.1 Å². The van der Waals surface area contributed by atoms with Crippen LogP contribution in [0.3, 0.4) is 0 Å². The van der Waals surface area contributed by atoms with E-state index in [0.717, 1.165) is 12.1 Å². The number of aromatic nitrogens is 2. The SMILES string of the molecule is O=C(O)CC1(n2cnc3cc(F)c(F)cc32)CNC1. The number of hydrogen-bond acceptors (Lipinski definition) is 3. The van der Waals surface area contributed by atoms with Crippen molar-refractivity contribution in [3.63, 3.8) is 0 Å². The van der Waals surface area contributed by atoms with Crippen LogP contribution in [0.15, 0.2) is 18.5 Å². The summed E-state index contributed by atoms with van der Waals surface area (Å²) in [5, 5.41) is 12.0. The van der Waals surface area contributed by atoms with Crippen molar-refractivity contribution < 1.29 is 18.7 Å². The summed E-state index contributed by atoms with van der Waals surface area (Å²) in [5.41, 5.74) is 0.0578. The number of carbonyl (C=O) groups is 1. The van der Waals surface area contributed by atoms with E-state index in [1.165, 1.54) is 6.33 Å². The van der Waals surface area contributed by atoms with Gasteiger partial charge in [0.1, 0.15) is 0 Å². The molecule has 1 aliphatic heterocycles. The zero-order valence-electron chi connectivity index (χ0n) is 9.86. The highest BCUT2D eigenvalue weighted by Gasteiger charge is 2.41. The molecule has 0 saturated carbocycles. The number of fused-ring (bicyclic) bond motifs is 1. The molecule has 0 unspecified atom stereocenters. The summed E-state index contributed by atoms with van der Waals surface area (Å²) in [4.78, 5) is 15.0. The van der Waals surface area contributed by atoms with Crippen LogP contribution in [0.4, 0.5) is 8.78 Å². The zero-order valence-corrected chi connectivity index (χ0v) is 9.86. The van der Waals surface area contributed by atoms with Gasteiger partial charge in [0.2, 0.25) is 0 Å². The van der Waals surface area contributed by atoms with E-state index in [4.69, 9.17) is 5.11 Å². The maximum absolute atomic E-state index is 13.3. The fraction of sp³-hybridized carbons (Fsp3) is 0.333. The Morgan fingerprint density at radius 3 is 2.68 bits per heavy atom. The van der Waals surface area contributed by atoms with Crippen LogP contribution in [0, 0.1) is 11.6 Å². The fourth-order valence-electron chi connectivity index (χ4n) is 2.46. The molecule has 1 aromatic carbocycles. The Morgan fingerprint density at radius 2 is 2.11 bits per heavy atom. The number of nitrogens with one attached hydrogen (secondary N) is 1. The second kappa shape index (κ2) is 3.99. The standard InChI is InChI=1S/C12H11F2N3O2/c13-7-1-9-10(2-8(7)14)17(6-16-9)12(3-11(18)19)4-15-5-12/h1-2,6,15H,3-5H2,(H,18,19). The van der Waals surface area contributed by atoms with Gasteiger partial charge in [-0.25, -0.2) is 13.8 Å². The van der Waals surface area contributed by atoms with Gasteiger partial charge in [-0.15, -0.1) is 0 Å². The van der Waals surface area contributed by atoms with Gasteiger partial charge in [0.15, 0.2) is 11.6 Å². The normalized spacial score (nSPS) is 17.4. The van der Waals surface area contributed by atoms with E-state index in [2.05, 4.69) is 10.3 Å². The Bertz CT molecular complexity index is 664. The minimum absolute atomic E-state index is 0.0928. The Morgan fingerprint density at radius 1 is 1.42 bits per heavy atom. The molecule has 2 N–H and O–H groups in total. The molecule has 100 valence electrons. The first kappa shape index (κ1) is 12.0. The van der Waals surface area contributed by atoms with Crippen LogP contribution in [0.25, 0.3) is 11.0 Å². The maximum Gasteiger partial charge on any atom is 0.305 e. The van der Waals surface area contributed by atoms with Crippen LogP contribution < -0.4 is 5.32 Å². The number of nitrogens with zero attached hydrogens (tertiary/aromatic N) is 2. The monoisotopic (exact) mass is 267 g/mol. The van der Waals surface area contributed by atoms with E-state index in [9.17, 15) is 13.6 Å². The van der Waals surface area contributed by atoms with Gasteiger partial charge >= 0.3 is 5.97 Å². The van der Waals surface area contributed by atoms with Crippen LogP contribution in [-0.4, -0.2) is 33.7 Å². The molecule has 1 aromatic heterocycles. The van der Waals surface area contributed by atoms with Gasteiger partial charge in [0, 0.05) is 25.2 Å². The number of carboxylic acids is 1. The quantitative estimate of drug-likeness (QED) is 0.873. The smallest absolute Gasteiger partial charge is 0.305 e. The number of aliphatic carboxylic acids is 1. The van der Waals surface area contributed by atoms with Gasteiger partial charge < -0.3 is 15.0 Å². The van der Waals surface area contributed by atoms with E-state index < -0.39 is 23.1 Å². The van der Waals surface area contributed by atoms with Gasteiger partial charge in [0.25, 0.3) is 0 Å². The maximum atomic E-state index is 13.3. The lowest BCUT2D eigenvalue weighted by atomic mass is 9.88. The molecule has 0 atom stereocenters. The lowest BCUT2D eigenvalue weighted by Gasteiger charge is -2.43. The van der Waals surface area contributed by atoms with Crippen LogP contribution in [-0.2, 0) is 10.3 Å². The third-order valence-electron chi connectivity index (χ3n) is 3.49. The minimum atomic E-state index is -0.966. The first-order valence-electron chi connectivity index (χ1n) is 5.77. The summed E-state index contributed by atoms with van der Waals surface area (Å²) in [5.74, 6) is -2.87. The number of rotatable bonds is 3. The molecule has 1 aliphatic rings. The molecule has 0 bridgehead atoms. The highest BCUT2D eigenvalue weighted by molar-refractivity contribution is 5.77. The Kier molecular flexibility index (Phi) is 2.53. The number of hydrogen-bond donors (Lipinski definition) is 2. The average molecular weight is 267 g/mol. The molecule has 7 heteroatoms. The van der Waals surface area contributed by atoms with Crippen molar-refractivity contribution in [3.05, 3.63) is 30.1 Å². The van der Waals surface area contributed by atoms with Crippen molar-refractivity contribution >= 4 is 17.0 Å². The summed E-state index contributed by atoms with van der Waals surface area (Å²) in [7, 11) is 0. The van der Waals surface area contributed by atoms with Crippen LogP contribution in [0.2, 0.25) is 0 Å². The highest BCUT2D eigenvalue weighted by Crippen LogP contribution is 2.30. The molecular weight excluding hydrogens is 256 g/mol. The molecule has 0 aliphatic carbocycles. The highest BCUT2D eigenvalue weighted by atomic mass is 19.2.